The molecule has 1 aliphatic rings. The highest BCUT2D eigenvalue weighted by Gasteiger charge is 2.38. The van der Waals surface area contributed by atoms with Crippen LogP contribution >= 0.6 is 0 Å². The number of H-pyrrole nitrogens is 1. The molecule has 0 bridgehead atoms. The SMILES string of the molecule is COc1ccccc1N1CC(C(=O)N(CCO)Cc2cnc(C)[nH]2)CC1=O. The monoisotopic (exact) mass is 372 g/mol. The molecule has 144 valence electrons. The Morgan fingerprint density at radius 3 is 2.89 bits per heavy atom. The van der Waals surface area contributed by atoms with Crippen molar-refractivity contribution in [1.29, 1.82) is 0 Å². The summed E-state index contributed by atoms with van der Waals surface area (Å²) in [6.45, 7) is 2.51. The van der Waals surface area contributed by atoms with Crippen LogP contribution in [-0.4, -0.2) is 58.6 Å². The number of carbonyl (C=O) groups excluding carboxylic acids is 2. The number of benzene rings is 1. The first-order valence-electron chi connectivity index (χ1n) is 8.87. The maximum atomic E-state index is 13.0. The second kappa shape index (κ2) is 8.22. The lowest BCUT2D eigenvalue weighted by Gasteiger charge is -2.24. The van der Waals surface area contributed by atoms with Gasteiger partial charge in [-0.3, -0.25) is 9.59 Å². The number of imidazole rings is 1. The van der Waals surface area contributed by atoms with Gasteiger partial charge in [0.05, 0.1) is 43.8 Å². The first kappa shape index (κ1) is 18.9. The minimum atomic E-state index is -0.460. The molecular weight excluding hydrogens is 348 g/mol. The van der Waals surface area contributed by atoms with E-state index in [1.54, 1.807) is 29.2 Å². The zero-order valence-corrected chi connectivity index (χ0v) is 15.5. The van der Waals surface area contributed by atoms with E-state index in [0.717, 1.165) is 11.5 Å². The van der Waals surface area contributed by atoms with Gasteiger partial charge in [0.2, 0.25) is 11.8 Å². The van der Waals surface area contributed by atoms with Gasteiger partial charge in [-0.15, -0.1) is 0 Å². The molecule has 0 radical (unpaired) electrons. The summed E-state index contributed by atoms with van der Waals surface area (Å²) < 4.78 is 5.34. The minimum Gasteiger partial charge on any atom is -0.495 e. The van der Waals surface area contributed by atoms with Gasteiger partial charge in [-0.05, 0) is 19.1 Å². The second-order valence-corrected chi connectivity index (χ2v) is 6.55. The van der Waals surface area contributed by atoms with E-state index in [0.29, 0.717) is 24.5 Å². The fourth-order valence-corrected chi connectivity index (χ4v) is 3.36. The highest BCUT2D eigenvalue weighted by atomic mass is 16.5. The molecule has 1 aliphatic heterocycles. The minimum absolute atomic E-state index is 0.112. The number of hydrogen-bond acceptors (Lipinski definition) is 5. The van der Waals surface area contributed by atoms with Crippen LogP contribution in [0.15, 0.2) is 30.5 Å². The van der Waals surface area contributed by atoms with Crippen molar-refractivity contribution < 1.29 is 19.4 Å². The van der Waals surface area contributed by atoms with Crippen molar-refractivity contribution in [2.45, 2.75) is 19.9 Å². The lowest BCUT2D eigenvalue weighted by atomic mass is 10.1. The molecule has 2 heterocycles. The van der Waals surface area contributed by atoms with Crippen molar-refractivity contribution in [3.8, 4) is 5.75 Å². The van der Waals surface area contributed by atoms with Gasteiger partial charge in [-0.2, -0.15) is 0 Å². The summed E-state index contributed by atoms with van der Waals surface area (Å²) >= 11 is 0. The Balaban J connectivity index is 1.74. The molecular formula is C19H24N4O4. The molecule has 1 saturated heterocycles. The van der Waals surface area contributed by atoms with E-state index < -0.39 is 5.92 Å². The van der Waals surface area contributed by atoms with Crippen LogP contribution in [0.5, 0.6) is 5.75 Å². The Hall–Kier alpha value is -2.87. The quantitative estimate of drug-likeness (QED) is 0.758. The number of anilines is 1. The summed E-state index contributed by atoms with van der Waals surface area (Å²) in [5, 5.41) is 9.35. The summed E-state index contributed by atoms with van der Waals surface area (Å²) in [5.41, 5.74) is 1.46. The molecule has 0 spiro atoms. The number of amides is 2. The number of para-hydroxylation sites is 2. The van der Waals surface area contributed by atoms with E-state index in [9.17, 15) is 14.7 Å². The molecule has 2 amide bonds. The van der Waals surface area contributed by atoms with Crippen molar-refractivity contribution >= 4 is 17.5 Å². The van der Waals surface area contributed by atoms with Crippen LogP contribution in [0, 0.1) is 12.8 Å². The number of aryl methyl sites for hydroxylation is 1. The number of aliphatic hydroxyl groups excluding tert-OH is 1. The first-order chi connectivity index (χ1) is 13.0. The Morgan fingerprint density at radius 2 is 2.22 bits per heavy atom. The van der Waals surface area contributed by atoms with Gasteiger partial charge in [-0.1, -0.05) is 12.1 Å². The van der Waals surface area contributed by atoms with Gasteiger partial charge in [0.15, 0.2) is 0 Å². The molecule has 1 aromatic heterocycles. The molecule has 8 heteroatoms. The number of carbonyl (C=O) groups is 2. The third kappa shape index (κ3) is 4.11. The van der Waals surface area contributed by atoms with Gasteiger partial charge in [-0.25, -0.2) is 4.98 Å². The van der Waals surface area contributed by atoms with E-state index in [2.05, 4.69) is 9.97 Å². The Labute approximate surface area is 157 Å². The average molecular weight is 372 g/mol. The fourth-order valence-electron chi connectivity index (χ4n) is 3.36. The van der Waals surface area contributed by atoms with E-state index >= 15 is 0 Å². The first-order valence-corrected chi connectivity index (χ1v) is 8.87. The smallest absolute Gasteiger partial charge is 0.228 e. The zero-order chi connectivity index (χ0) is 19.4. The number of nitrogens with zero attached hydrogens (tertiary/aromatic N) is 3. The maximum absolute atomic E-state index is 13.0. The molecule has 1 unspecified atom stereocenters. The second-order valence-electron chi connectivity index (χ2n) is 6.55. The number of aromatic amines is 1. The van der Waals surface area contributed by atoms with Gasteiger partial charge in [0.1, 0.15) is 11.6 Å². The molecule has 1 atom stereocenters. The van der Waals surface area contributed by atoms with Crippen LogP contribution < -0.4 is 9.64 Å². The lowest BCUT2D eigenvalue weighted by molar-refractivity contribution is -0.137. The van der Waals surface area contributed by atoms with Gasteiger partial charge < -0.3 is 24.6 Å². The molecule has 0 saturated carbocycles. The largest absolute Gasteiger partial charge is 0.495 e. The van der Waals surface area contributed by atoms with Gasteiger partial charge in [0.25, 0.3) is 0 Å². The van der Waals surface area contributed by atoms with Crippen LogP contribution in [-0.2, 0) is 16.1 Å². The number of aliphatic hydroxyl groups is 1. The van der Waals surface area contributed by atoms with Crippen molar-refractivity contribution in [2.24, 2.45) is 5.92 Å². The highest BCUT2D eigenvalue weighted by Crippen LogP contribution is 2.33. The fraction of sp³-hybridized carbons (Fsp3) is 0.421. The topological polar surface area (TPSA) is 98.8 Å². The number of hydrogen-bond donors (Lipinski definition) is 2. The number of ether oxygens (including phenoxy) is 1. The summed E-state index contributed by atoms with van der Waals surface area (Å²) in [6.07, 6.45) is 1.81. The Morgan fingerprint density at radius 1 is 1.44 bits per heavy atom. The number of nitrogens with one attached hydrogen (secondary N) is 1. The third-order valence-corrected chi connectivity index (χ3v) is 4.65. The predicted molar refractivity (Wildman–Crippen MR) is 99.3 cm³/mol. The van der Waals surface area contributed by atoms with E-state index in [4.69, 9.17) is 4.74 Å². The lowest BCUT2D eigenvalue weighted by Crippen LogP contribution is -2.39. The maximum Gasteiger partial charge on any atom is 0.228 e. The van der Waals surface area contributed by atoms with E-state index in [1.165, 1.54) is 0 Å². The van der Waals surface area contributed by atoms with E-state index in [1.807, 2.05) is 25.1 Å². The predicted octanol–water partition coefficient (Wildman–Crippen LogP) is 1.10. The normalized spacial score (nSPS) is 16.6. The third-order valence-electron chi connectivity index (χ3n) is 4.65. The Kier molecular flexibility index (Phi) is 5.75. The van der Waals surface area contributed by atoms with Gasteiger partial charge in [0, 0.05) is 19.5 Å². The molecule has 2 N–H and O–H groups in total. The molecule has 1 aromatic carbocycles. The summed E-state index contributed by atoms with van der Waals surface area (Å²) in [6, 6.07) is 7.26. The molecule has 27 heavy (non-hydrogen) atoms. The standard InChI is InChI=1S/C19H24N4O4/c1-13-20-10-15(21-13)12-22(7-8-24)19(26)14-9-18(25)23(11-14)16-5-3-4-6-17(16)27-2/h3-6,10,14,24H,7-9,11-12H2,1-2H3,(H,20,21). The van der Waals surface area contributed by atoms with Crippen LogP contribution in [0.25, 0.3) is 0 Å². The van der Waals surface area contributed by atoms with Crippen molar-refractivity contribution in [3.05, 3.63) is 42.0 Å². The van der Waals surface area contributed by atoms with Crippen molar-refractivity contribution in [2.75, 3.05) is 31.7 Å². The Bertz CT molecular complexity index is 820. The van der Waals surface area contributed by atoms with Crippen LogP contribution in [0.2, 0.25) is 0 Å². The molecule has 3 rings (SSSR count). The van der Waals surface area contributed by atoms with Crippen molar-refractivity contribution in [3.63, 3.8) is 0 Å². The van der Waals surface area contributed by atoms with Crippen LogP contribution in [0.3, 0.4) is 0 Å². The summed E-state index contributed by atoms with van der Waals surface area (Å²) in [7, 11) is 1.55. The van der Waals surface area contributed by atoms with E-state index in [-0.39, 0.29) is 31.4 Å². The number of aromatic nitrogens is 2. The molecule has 0 aliphatic carbocycles. The zero-order valence-electron chi connectivity index (χ0n) is 15.5. The molecule has 8 nitrogen and oxygen atoms in total. The summed E-state index contributed by atoms with van der Waals surface area (Å²) in [5.74, 6) is 0.637. The molecule has 1 fully saturated rings. The molecule has 2 aromatic rings. The van der Waals surface area contributed by atoms with Crippen LogP contribution in [0.4, 0.5) is 5.69 Å². The highest BCUT2D eigenvalue weighted by molar-refractivity contribution is 6.01. The number of methoxy groups -OCH3 is 1. The van der Waals surface area contributed by atoms with Crippen LogP contribution in [0.1, 0.15) is 17.9 Å². The number of rotatable bonds is 7. The van der Waals surface area contributed by atoms with Gasteiger partial charge >= 0.3 is 0 Å². The average Bonchev–Trinajstić information content (AvgIpc) is 3.26. The van der Waals surface area contributed by atoms with Crippen molar-refractivity contribution in [1.82, 2.24) is 14.9 Å². The summed E-state index contributed by atoms with van der Waals surface area (Å²) in [4.78, 5) is 35.9.